The molecule has 0 bridgehead atoms. The zero-order valence-corrected chi connectivity index (χ0v) is 16.1. The summed E-state index contributed by atoms with van der Waals surface area (Å²) in [6.45, 7) is 0. The van der Waals surface area contributed by atoms with Crippen molar-refractivity contribution in [2.24, 2.45) is 0 Å². The fourth-order valence-corrected chi connectivity index (χ4v) is 2.14. The molecule has 0 saturated carbocycles. The van der Waals surface area contributed by atoms with Gasteiger partial charge in [-0.15, -0.1) is 71.7 Å². The Morgan fingerprint density at radius 3 is 1.38 bits per heavy atom. The Labute approximate surface area is 146 Å². The van der Waals surface area contributed by atoms with Gasteiger partial charge in [0.05, 0.1) is 0 Å². The van der Waals surface area contributed by atoms with Crippen molar-refractivity contribution in [2.75, 3.05) is 0 Å². The Bertz CT molecular complexity index is 641. The van der Waals surface area contributed by atoms with Gasteiger partial charge in [-0.25, -0.2) is 0 Å². The van der Waals surface area contributed by atoms with Crippen LogP contribution in [-0.2, 0) is 23.9 Å². The summed E-state index contributed by atoms with van der Waals surface area (Å²) in [7, 11) is 0. The summed E-state index contributed by atoms with van der Waals surface area (Å²) in [6.07, 6.45) is 0. The van der Waals surface area contributed by atoms with E-state index in [9.17, 15) is 0 Å². The average molecular weight is 459 g/mol. The molecule has 0 aliphatic rings. The monoisotopic (exact) mass is 460 g/mol. The van der Waals surface area contributed by atoms with Crippen molar-refractivity contribution >= 4 is 38.2 Å². The maximum absolute atomic E-state index is 3.39. The third kappa shape index (κ3) is 4.87. The quantitative estimate of drug-likeness (QED) is 0.241. The first kappa shape index (κ1) is 17.7. The van der Waals surface area contributed by atoms with Crippen LogP contribution in [0, 0.1) is 0 Å². The van der Waals surface area contributed by atoms with Crippen molar-refractivity contribution in [1.29, 1.82) is 0 Å². The smallest absolute Gasteiger partial charge is 0.0809 e. The van der Waals surface area contributed by atoms with Crippen LogP contribution in [0.2, 0.25) is 0 Å². The molecular weight excluding hydrogens is 442 g/mol. The van der Waals surface area contributed by atoms with Gasteiger partial charge in [0, 0.05) is 0 Å². The first-order valence-electron chi connectivity index (χ1n) is 6.50. The molecule has 0 unspecified atom stereocenters. The molecule has 0 nitrogen and oxygen atoms in total. The summed E-state index contributed by atoms with van der Waals surface area (Å²) in [5.41, 5.74) is 0. The molecule has 4 aromatic rings. The van der Waals surface area contributed by atoms with E-state index in [-0.39, 0.29) is 12.4 Å². The van der Waals surface area contributed by atoms with E-state index in [1.165, 1.54) is 21.5 Å². The van der Waals surface area contributed by atoms with Gasteiger partial charge < -0.3 is 0 Å². The second kappa shape index (κ2) is 9.59. The molecule has 0 heterocycles. The molecule has 0 aliphatic heterocycles. The number of fused-ring (bicyclic) bond motifs is 2. The molecule has 4 rings (SSSR count). The Balaban J connectivity index is 0.000000181. The Morgan fingerprint density at radius 1 is 0.619 bits per heavy atom. The van der Waals surface area contributed by atoms with E-state index in [0.717, 1.165) is 23.9 Å². The Hall–Kier alpha value is -1.31. The zero-order valence-electron chi connectivity index (χ0n) is 11.7. The minimum Gasteiger partial charge on any atom is -0.168 e. The second-order valence-electron chi connectivity index (χ2n) is 4.31. The second-order valence-corrected chi connectivity index (χ2v) is 4.31. The maximum atomic E-state index is 3.39. The van der Waals surface area contributed by atoms with Gasteiger partial charge in [0.2, 0.25) is 0 Å². The van der Waals surface area contributed by atoms with Gasteiger partial charge >= 0.3 is 28.2 Å². The molecule has 21 heavy (non-hydrogen) atoms. The summed E-state index contributed by atoms with van der Waals surface area (Å²) in [5, 5.41) is 5.32. The van der Waals surface area contributed by atoms with Crippen LogP contribution >= 0.6 is 12.4 Å². The van der Waals surface area contributed by atoms with Gasteiger partial charge in [-0.2, -0.15) is 35.0 Å². The van der Waals surface area contributed by atoms with Gasteiger partial charge in [-0.3, -0.25) is 0 Å². The van der Waals surface area contributed by atoms with Crippen molar-refractivity contribution in [3.63, 3.8) is 0 Å². The summed E-state index contributed by atoms with van der Waals surface area (Å²) in [5.74, 6) is 0. The van der Waals surface area contributed by atoms with Crippen LogP contribution in [-0.4, -0.2) is 4.26 Å². The van der Waals surface area contributed by atoms with Crippen LogP contribution in [0.15, 0.2) is 84.9 Å². The summed E-state index contributed by atoms with van der Waals surface area (Å²) in [4.78, 5) is 0. The van der Waals surface area contributed by atoms with E-state index >= 15 is 0 Å². The van der Waals surface area contributed by atoms with Crippen molar-refractivity contribution in [1.82, 2.24) is 0 Å². The SMILES string of the molecule is Cl.[CH2]=[Hf+2].c1ccc2[cH-]ccc2c1.c1ccc2[cH-]ccc2c1. The van der Waals surface area contributed by atoms with Gasteiger partial charge in [0.15, 0.2) is 0 Å². The summed E-state index contributed by atoms with van der Waals surface area (Å²) < 4.78 is 3.39. The van der Waals surface area contributed by atoms with E-state index in [1.807, 2.05) is 0 Å². The molecule has 0 radical (unpaired) electrons. The Kier molecular flexibility index (Phi) is 8.11. The molecule has 0 amide bonds. The van der Waals surface area contributed by atoms with Crippen molar-refractivity contribution < 1.29 is 23.9 Å². The first-order valence-corrected chi connectivity index (χ1v) is 9.04. The van der Waals surface area contributed by atoms with E-state index in [2.05, 4.69) is 89.2 Å². The van der Waals surface area contributed by atoms with Crippen LogP contribution in [0.1, 0.15) is 0 Å². The van der Waals surface area contributed by atoms with E-state index in [1.54, 1.807) is 0 Å². The number of rotatable bonds is 0. The zero-order chi connectivity index (χ0) is 14.2. The molecular formula is C19H17ClHf. The molecule has 4 aromatic carbocycles. The van der Waals surface area contributed by atoms with E-state index < -0.39 is 0 Å². The molecule has 0 atom stereocenters. The van der Waals surface area contributed by atoms with Crippen molar-refractivity contribution in [3.8, 4) is 0 Å². The standard InChI is InChI=1S/2C9H7.CH2.ClH.Hf/c2*1-2-5-9-7-3-6-8(9)4-1;;;/h2*1-7H;1H2;1H;/q2*-1;;;+2. The third-order valence-corrected chi connectivity index (χ3v) is 3.10. The minimum atomic E-state index is 0. The van der Waals surface area contributed by atoms with Crippen LogP contribution in [0.25, 0.3) is 21.5 Å². The molecule has 0 aromatic heterocycles. The molecule has 0 fully saturated rings. The minimum absolute atomic E-state index is 0. The first-order chi connectivity index (χ1) is 9.93. The molecule has 0 spiro atoms. The molecule has 104 valence electrons. The molecule has 0 saturated heterocycles. The molecule has 0 aliphatic carbocycles. The number of halogens is 1. The van der Waals surface area contributed by atoms with Gasteiger partial charge in [-0.1, -0.05) is 12.1 Å². The van der Waals surface area contributed by atoms with Gasteiger partial charge in [-0.05, 0) is 0 Å². The fourth-order valence-electron chi connectivity index (χ4n) is 2.14. The number of hydrogen-bond acceptors (Lipinski definition) is 0. The van der Waals surface area contributed by atoms with Gasteiger partial charge in [0.25, 0.3) is 0 Å². The largest absolute Gasteiger partial charge is 0.168 e. The normalized spacial score (nSPS) is 9.05. The van der Waals surface area contributed by atoms with Crippen LogP contribution < -0.4 is 0 Å². The Morgan fingerprint density at radius 2 is 1.00 bits per heavy atom. The molecule has 2 heteroatoms. The molecule has 0 N–H and O–H groups in total. The van der Waals surface area contributed by atoms with E-state index in [4.69, 9.17) is 0 Å². The summed E-state index contributed by atoms with van der Waals surface area (Å²) in [6, 6.07) is 29.3. The van der Waals surface area contributed by atoms with Crippen molar-refractivity contribution in [2.45, 2.75) is 0 Å². The average Bonchev–Trinajstić information content (AvgIpc) is 3.18. The van der Waals surface area contributed by atoms with Gasteiger partial charge in [0.1, 0.15) is 0 Å². The third-order valence-electron chi connectivity index (χ3n) is 3.10. The van der Waals surface area contributed by atoms with Crippen LogP contribution in [0.5, 0.6) is 0 Å². The topological polar surface area (TPSA) is 0 Å². The van der Waals surface area contributed by atoms with Crippen molar-refractivity contribution in [3.05, 3.63) is 84.9 Å². The number of benzene rings is 2. The fraction of sp³-hybridized carbons (Fsp3) is 0. The maximum Gasteiger partial charge on any atom is -0.0809 e. The predicted octanol–water partition coefficient (Wildman–Crippen LogP) is 5.50. The van der Waals surface area contributed by atoms with Crippen LogP contribution in [0.3, 0.4) is 0 Å². The number of hydrogen-bond donors (Lipinski definition) is 0. The predicted molar refractivity (Wildman–Crippen MR) is 93.5 cm³/mol. The summed E-state index contributed by atoms with van der Waals surface area (Å²) >= 11 is 1.06. The van der Waals surface area contributed by atoms with E-state index in [0.29, 0.717) is 0 Å². The van der Waals surface area contributed by atoms with Crippen LogP contribution in [0.4, 0.5) is 0 Å².